The number of nitrogens with zero attached hydrogens (tertiary/aromatic N) is 4. The summed E-state index contributed by atoms with van der Waals surface area (Å²) < 4.78 is 17.5. The minimum atomic E-state index is -1.02. The summed E-state index contributed by atoms with van der Waals surface area (Å²) in [6, 6.07) is 0. The van der Waals surface area contributed by atoms with E-state index in [4.69, 9.17) is 14.2 Å². The summed E-state index contributed by atoms with van der Waals surface area (Å²) in [7, 11) is 1.70. The fourth-order valence-corrected chi connectivity index (χ4v) is 2.00. The third-order valence-electron chi connectivity index (χ3n) is 3.39. The Kier molecular flexibility index (Phi) is 7.27. The average molecular weight is 365 g/mol. The fourth-order valence-electron chi connectivity index (χ4n) is 2.00. The first-order chi connectivity index (χ1) is 12.6. The largest absolute Gasteiger partial charge is 0.466 e. The SMILES string of the molecule is CCC(=O)OCCCOC(OC(=O)CC)n1cnc2cnc(NC)nc21. The number of rotatable bonds is 10. The zero-order valence-electron chi connectivity index (χ0n) is 15.1. The van der Waals surface area contributed by atoms with Crippen LogP contribution in [0, 0.1) is 0 Å². The van der Waals surface area contributed by atoms with Crippen LogP contribution in [0.25, 0.3) is 11.2 Å². The number of fused-ring (bicyclic) bond motifs is 1. The van der Waals surface area contributed by atoms with E-state index in [1.165, 1.54) is 10.9 Å². The number of hydrogen-bond donors (Lipinski definition) is 1. The molecule has 0 spiro atoms. The number of nitrogens with one attached hydrogen (secondary N) is 1. The first-order valence-corrected chi connectivity index (χ1v) is 8.43. The van der Waals surface area contributed by atoms with E-state index in [-0.39, 0.29) is 25.6 Å². The maximum Gasteiger partial charge on any atom is 0.309 e. The standard InChI is InChI=1S/C16H23N5O5/c1-4-12(22)24-7-6-8-25-16(26-13(23)5-2)21-10-19-11-9-18-15(17-3)20-14(11)21/h9-10,16H,4-8H2,1-3H3,(H,17,18,20). The number of anilines is 1. The van der Waals surface area contributed by atoms with E-state index in [0.29, 0.717) is 30.0 Å². The molecule has 0 radical (unpaired) electrons. The van der Waals surface area contributed by atoms with Crippen molar-refractivity contribution in [3.8, 4) is 0 Å². The summed E-state index contributed by atoms with van der Waals surface area (Å²) in [5.74, 6) is -0.278. The molecule has 0 aliphatic carbocycles. The topological polar surface area (TPSA) is 117 Å². The highest BCUT2D eigenvalue weighted by Crippen LogP contribution is 2.19. The van der Waals surface area contributed by atoms with Crippen molar-refractivity contribution < 1.29 is 23.8 Å². The van der Waals surface area contributed by atoms with Crippen molar-refractivity contribution in [1.82, 2.24) is 19.5 Å². The van der Waals surface area contributed by atoms with Crippen molar-refractivity contribution >= 4 is 29.1 Å². The lowest BCUT2D eigenvalue weighted by Gasteiger charge is -2.19. The van der Waals surface area contributed by atoms with Crippen LogP contribution in [0.15, 0.2) is 12.5 Å². The summed E-state index contributed by atoms with van der Waals surface area (Å²) in [5.41, 5.74) is 1.01. The van der Waals surface area contributed by atoms with Crippen LogP contribution in [-0.4, -0.2) is 51.7 Å². The van der Waals surface area contributed by atoms with Gasteiger partial charge in [-0.05, 0) is 0 Å². The molecule has 2 aromatic rings. The maximum atomic E-state index is 11.7. The van der Waals surface area contributed by atoms with Gasteiger partial charge in [-0.1, -0.05) is 13.8 Å². The number of esters is 2. The van der Waals surface area contributed by atoms with Crippen molar-refractivity contribution in [3.05, 3.63) is 12.5 Å². The van der Waals surface area contributed by atoms with Gasteiger partial charge >= 0.3 is 11.9 Å². The van der Waals surface area contributed by atoms with Gasteiger partial charge in [-0.25, -0.2) is 9.97 Å². The highest BCUT2D eigenvalue weighted by Gasteiger charge is 2.20. The van der Waals surface area contributed by atoms with Crippen LogP contribution >= 0.6 is 0 Å². The molecule has 142 valence electrons. The first-order valence-electron chi connectivity index (χ1n) is 8.43. The molecule has 1 unspecified atom stereocenters. The van der Waals surface area contributed by atoms with Gasteiger partial charge in [-0.3, -0.25) is 14.2 Å². The van der Waals surface area contributed by atoms with Crippen molar-refractivity contribution in [2.45, 2.75) is 39.5 Å². The van der Waals surface area contributed by atoms with Gasteiger partial charge in [0.05, 0.1) is 19.4 Å². The molecule has 10 nitrogen and oxygen atoms in total. The van der Waals surface area contributed by atoms with Crippen molar-refractivity contribution in [2.75, 3.05) is 25.6 Å². The summed E-state index contributed by atoms with van der Waals surface area (Å²) >= 11 is 0. The van der Waals surface area contributed by atoms with Crippen LogP contribution in [0.4, 0.5) is 5.95 Å². The maximum absolute atomic E-state index is 11.7. The van der Waals surface area contributed by atoms with Gasteiger partial charge in [-0.15, -0.1) is 0 Å². The second kappa shape index (κ2) is 9.66. The van der Waals surface area contributed by atoms with Crippen LogP contribution in [-0.2, 0) is 23.8 Å². The Bertz CT molecular complexity index is 748. The van der Waals surface area contributed by atoms with Gasteiger partial charge < -0.3 is 19.5 Å². The predicted octanol–water partition coefficient (Wildman–Crippen LogP) is 1.64. The zero-order chi connectivity index (χ0) is 18.9. The van der Waals surface area contributed by atoms with Crippen molar-refractivity contribution in [3.63, 3.8) is 0 Å². The molecule has 0 fully saturated rings. The minimum absolute atomic E-state index is 0.206. The van der Waals surface area contributed by atoms with E-state index >= 15 is 0 Å². The minimum Gasteiger partial charge on any atom is -0.466 e. The number of carbonyl (C=O) groups is 2. The Hall–Kier alpha value is -2.75. The molecule has 2 heterocycles. The van der Waals surface area contributed by atoms with Gasteiger partial charge in [0.25, 0.3) is 6.41 Å². The molecule has 2 rings (SSSR count). The lowest BCUT2D eigenvalue weighted by atomic mass is 10.4. The van der Waals surface area contributed by atoms with E-state index in [1.807, 2.05) is 0 Å². The molecule has 0 aromatic carbocycles. The lowest BCUT2D eigenvalue weighted by Crippen LogP contribution is -2.21. The van der Waals surface area contributed by atoms with E-state index < -0.39 is 12.4 Å². The normalized spacial score (nSPS) is 12.0. The van der Waals surface area contributed by atoms with Crippen LogP contribution in [0.3, 0.4) is 0 Å². The summed E-state index contributed by atoms with van der Waals surface area (Å²) in [5, 5.41) is 2.84. The second-order valence-electron chi connectivity index (χ2n) is 5.25. The lowest BCUT2D eigenvalue weighted by molar-refractivity contribution is -0.201. The highest BCUT2D eigenvalue weighted by molar-refractivity contribution is 5.72. The average Bonchev–Trinajstić information content (AvgIpc) is 3.09. The Morgan fingerprint density at radius 1 is 1.19 bits per heavy atom. The van der Waals surface area contributed by atoms with Crippen molar-refractivity contribution in [1.29, 1.82) is 0 Å². The number of aromatic nitrogens is 4. The molecule has 1 N–H and O–H groups in total. The monoisotopic (exact) mass is 365 g/mol. The number of carbonyl (C=O) groups excluding carboxylic acids is 2. The third kappa shape index (κ3) is 5.12. The smallest absolute Gasteiger partial charge is 0.309 e. The third-order valence-corrected chi connectivity index (χ3v) is 3.39. The molecule has 0 aliphatic rings. The Labute approximate surface area is 150 Å². The van der Waals surface area contributed by atoms with Crippen LogP contribution in [0.2, 0.25) is 0 Å². The van der Waals surface area contributed by atoms with Gasteiger partial charge in [0.1, 0.15) is 11.8 Å². The molecule has 0 aliphatic heterocycles. The molecular weight excluding hydrogens is 342 g/mol. The van der Waals surface area contributed by atoms with Gasteiger partial charge in [0.2, 0.25) is 5.95 Å². The quantitative estimate of drug-likeness (QED) is 0.381. The summed E-state index contributed by atoms with van der Waals surface area (Å²) in [4.78, 5) is 35.5. The van der Waals surface area contributed by atoms with E-state index in [2.05, 4.69) is 20.3 Å². The van der Waals surface area contributed by atoms with Gasteiger partial charge in [-0.2, -0.15) is 4.98 Å². The predicted molar refractivity (Wildman–Crippen MR) is 92.1 cm³/mol. The molecule has 1 atom stereocenters. The van der Waals surface area contributed by atoms with Crippen molar-refractivity contribution in [2.24, 2.45) is 0 Å². The molecule has 0 saturated heterocycles. The molecule has 0 bridgehead atoms. The number of imidazole rings is 1. The van der Waals surface area contributed by atoms with E-state index in [9.17, 15) is 9.59 Å². The summed E-state index contributed by atoms with van der Waals surface area (Å²) in [6.45, 7) is 3.88. The zero-order valence-corrected chi connectivity index (χ0v) is 15.1. The number of ether oxygens (including phenoxy) is 3. The Morgan fingerprint density at radius 2 is 1.96 bits per heavy atom. The van der Waals surface area contributed by atoms with Crippen LogP contribution in [0.1, 0.15) is 39.5 Å². The highest BCUT2D eigenvalue weighted by atomic mass is 16.7. The first kappa shape index (κ1) is 19.6. The molecular formula is C16H23N5O5. The second-order valence-corrected chi connectivity index (χ2v) is 5.25. The summed E-state index contributed by atoms with van der Waals surface area (Å²) in [6.07, 6.45) is 3.02. The van der Waals surface area contributed by atoms with Crippen LogP contribution < -0.4 is 5.32 Å². The molecule has 0 saturated carbocycles. The molecule has 0 amide bonds. The van der Waals surface area contributed by atoms with E-state index in [0.717, 1.165) is 0 Å². The Morgan fingerprint density at radius 3 is 2.65 bits per heavy atom. The van der Waals surface area contributed by atoms with Gasteiger partial charge in [0, 0.05) is 26.3 Å². The van der Waals surface area contributed by atoms with Gasteiger partial charge in [0.15, 0.2) is 5.65 Å². The molecule has 2 aromatic heterocycles. The fraction of sp³-hybridized carbons (Fsp3) is 0.562. The van der Waals surface area contributed by atoms with E-state index in [1.54, 1.807) is 27.1 Å². The molecule has 26 heavy (non-hydrogen) atoms. The molecule has 10 heteroatoms. The van der Waals surface area contributed by atoms with Crippen LogP contribution in [0.5, 0.6) is 0 Å². The number of hydrogen-bond acceptors (Lipinski definition) is 9. The Balaban J connectivity index is 2.09.